The topological polar surface area (TPSA) is 109 Å². The Morgan fingerprint density at radius 3 is 2.36 bits per heavy atom. The van der Waals surface area contributed by atoms with E-state index in [1.54, 1.807) is 24.3 Å². The second kappa shape index (κ2) is 9.91. The second-order valence-corrected chi connectivity index (χ2v) is 5.41. The van der Waals surface area contributed by atoms with Crippen molar-refractivity contribution in [3.8, 4) is 23.5 Å². The van der Waals surface area contributed by atoms with Gasteiger partial charge in [-0.2, -0.15) is 9.97 Å². The maximum atomic E-state index is 12.7. The summed E-state index contributed by atoms with van der Waals surface area (Å²) in [6.07, 6.45) is 1.73. The molecular formula is C19H21N3O6. The summed E-state index contributed by atoms with van der Waals surface area (Å²) in [4.78, 5) is 32.7. The van der Waals surface area contributed by atoms with Gasteiger partial charge in [-0.05, 0) is 18.6 Å². The average molecular weight is 387 g/mol. The summed E-state index contributed by atoms with van der Waals surface area (Å²) in [5.74, 6) is -0.436. The Bertz CT molecular complexity index is 833. The summed E-state index contributed by atoms with van der Waals surface area (Å²) in [7, 11) is 4.13. The molecule has 2 aromatic rings. The lowest BCUT2D eigenvalue weighted by molar-refractivity contribution is -0.142. The second-order valence-electron chi connectivity index (χ2n) is 5.41. The SMILES string of the molecule is C=CC[C@H](NC(=O)c1ccccc1Oc1nc(OC)cc(OC)n1)C(=O)OC. The average Bonchev–Trinajstić information content (AvgIpc) is 2.72. The first kappa shape index (κ1) is 20.7. The molecule has 1 aromatic heterocycles. The van der Waals surface area contributed by atoms with Crippen LogP contribution in [0.25, 0.3) is 0 Å². The van der Waals surface area contributed by atoms with Gasteiger partial charge in [0.15, 0.2) is 0 Å². The van der Waals surface area contributed by atoms with Crippen molar-refractivity contribution < 1.29 is 28.5 Å². The normalized spacial score (nSPS) is 11.1. The van der Waals surface area contributed by atoms with Crippen LogP contribution in [-0.4, -0.2) is 49.2 Å². The first-order chi connectivity index (χ1) is 13.5. The highest BCUT2D eigenvalue weighted by Crippen LogP contribution is 2.26. The molecule has 0 spiro atoms. The van der Waals surface area contributed by atoms with Crippen molar-refractivity contribution in [1.82, 2.24) is 15.3 Å². The molecule has 9 nitrogen and oxygen atoms in total. The zero-order valence-corrected chi connectivity index (χ0v) is 15.8. The number of benzene rings is 1. The van der Waals surface area contributed by atoms with Crippen molar-refractivity contribution in [2.75, 3.05) is 21.3 Å². The monoisotopic (exact) mass is 387 g/mol. The number of rotatable bonds is 9. The first-order valence-electron chi connectivity index (χ1n) is 8.25. The number of methoxy groups -OCH3 is 3. The summed E-state index contributed by atoms with van der Waals surface area (Å²) in [6, 6.07) is 7.03. The number of nitrogens with zero attached hydrogens (tertiary/aromatic N) is 2. The minimum atomic E-state index is -0.865. The van der Waals surface area contributed by atoms with Gasteiger partial charge in [0.25, 0.3) is 5.91 Å². The van der Waals surface area contributed by atoms with Gasteiger partial charge in [-0.1, -0.05) is 18.2 Å². The molecule has 2 rings (SSSR count). The van der Waals surface area contributed by atoms with E-state index in [0.717, 1.165) is 0 Å². The molecule has 0 aliphatic rings. The molecule has 1 amide bonds. The summed E-state index contributed by atoms with van der Waals surface area (Å²) < 4.78 is 20.5. The lowest BCUT2D eigenvalue weighted by atomic mass is 10.1. The third kappa shape index (κ3) is 5.19. The number of amides is 1. The van der Waals surface area contributed by atoms with Gasteiger partial charge in [0, 0.05) is 0 Å². The molecule has 28 heavy (non-hydrogen) atoms. The van der Waals surface area contributed by atoms with Crippen molar-refractivity contribution in [3.63, 3.8) is 0 Å². The quantitative estimate of drug-likeness (QED) is 0.515. The van der Waals surface area contributed by atoms with E-state index in [0.29, 0.717) is 0 Å². The molecule has 0 saturated heterocycles. The van der Waals surface area contributed by atoms with Crippen LogP contribution in [0.1, 0.15) is 16.8 Å². The van der Waals surface area contributed by atoms with Gasteiger partial charge in [-0.25, -0.2) is 4.79 Å². The van der Waals surface area contributed by atoms with Crippen molar-refractivity contribution in [2.45, 2.75) is 12.5 Å². The van der Waals surface area contributed by atoms with Crippen LogP contribution in [0.15, 0.2) is 43.0 Å². The molecular weight excluding hydrogens is 366 g/mol. The number of carbonyl (C=O) groups is 2. The van der Waals surface area contributed by atoms with Crippen molar-refractivity contribution in [3.05, 3.63) is 48.6 Å². The van der Waals surface area contributed by atoms with Crippen LogP contribution >= 0.6 is 0 Å². The summed E-state index contributed by atoms with van der Waals surface area (Å²) in [5.41, 5.74) is 0.186. The number of hydrogen-bond donors (Lipinski definition) is 1. The zero-order chi connectivity index (χ0) is 20.5. The largest absolute Gasteiger partial charge is 0.481 e. The molecule has 0 saturated carbocycles. The van der Waals surface area contributed by atoms with E-state index in [9.17, 15) is 9.59 Å². The van der Waals surface area contributed by atoms with E-state index in [4.69, 9.17) is 18.9 Å². The maximum absolute atomic E-state index is 12.7. The Morgan fingerprint density at radius 1 is 1.14 bits per heavy atom. The summed E-state index contributed by atoms with van der Waals surface area (Å²) >= 11 is 0. The van der Waals surface area contributed by atoms with E-state index in [1.165, 1.54) is 33.5 Å². The summed E-state index contributed by atoms with van der Waals surface area (Å²) in [6.45, 7) is 3.58. The number of nitrogens with one attached hydrogen (secondary N) is 1. The lowest BCUT2D eigenvalue weighted by Crippen LogP contribution is -2.41. The predicted molar refractivity (Wildman–Crippen MR) is 99.7 cm³/mol. The first-order valence-corrected chi connectivity index (χ1v) is 8.25. The van der Waals surface area contributed by atoms with E-state index in [-0.39, 0.29) is 35.5 Å². The van der Waals surface area contributed by atoms with Crippen LogP contribution < -0.4 is 19.5 Å². The number of carbonyl (C=O) groups excluding carboxylic acids is 2. The van der Waals surface area contributed by atoms with Crippen LogP contribution in [-0.2, 0) is 9.53 Å². The zero-order valence-electron chi connectivity index (χ0n) is 15.8. The van der Waals surface area contributed by atoms with E-state index >= 15 is 0 Å². The van der Waals surface area contributed by atoms with Gasteiger partial charge in [-0.15, -0.1) is 6.58 Å². The number of hydrogen-bond acceptors (Lipinski definition) is 8. The minimum absolute atomic E-state index is 0.0629. The number of para-hydroxylation sites is 1. The highest BCUT2D eigenvalue weighted by atomic mass is 16.5. The molecule has 1 atom stereocenters. The molecule has 0 unspecified atom stereocenters. The Hall–Kier alpha value is -3.62. The lowest BCUT2D eigenvalue weighted by Gasteiger charge is -2.16. The molecule has 0 aliphatic carbocycles. The molecule has 148 valence electrons. The fourth-order valence-electron chi connectivity index (χ4n) is 2.24. The fourth-order valence-corrected chi connectivity index (χ4v) is 2.24. The molecule has 0 fully saturated rings. The smallest absolute Gasteiger partial charge is 0.328 e. The summed E-state index contributed by atoms with van der Waals surface area (Å²) in [5, 5.41) is 2.60. The highest BCUT2D eigenvalue weighted by Gasteiger charge is 2.23. The molecule has 1 N–H and O–H groups in total. The Morgan fingerprint density at radius 2 is 1.79 bits per heavy atom. The molecule has 1 heterocycles. The number of esters is 1. The van der Waals surface area contributed by atoms with E-state index in [1.807, 2.05) is 0 Å². The van der Waals surface area contributed by atoms with Gasteiger partial charge >= 0.3 is 12.0 Å². The molecule has 0 bridgehead atoms. The van der Waals surface area contributed by atoms with Crippen LogP contribution in [0.3, 0.4) is 0 Å². The van der Waals surface area contributed by atoms with Crippen LogP contribution in [0.4, 0.5) is 0 Å². The number of ether oxygens (including phenoxy) is 4. The Labute approximate surface area is 162 Å². The van der Waals surface area contributed by atoms with Crippen LogP contribution in [0, 0.1) is 0 Å². The van der Waals surface area contributed by atoms with E-state index < -0.39 is 17.9 Å². The van der Waals surface area contributed by atoms with E-state index in [2.05, 4.69) is 21.9 Å². The van der Waals surface area contributed by atoms with Gasteiger partial charge < -0.3 is 24.3 Å². The fraction of sp³-hybridized carbons (Fsp3) is 0.263. The third-order valence-electron chi connectivity index (χ3n) is 3.60. The third-order valence-corrected chi connectivity index (χ3v) is 3.60. The van der Waals surface area contributed by atoms with Crippen LogP contribution in [0.5, 0.6) is 23.5 Å². The van der Waals surface area contributed by atoms with Crippen molar-refractivity contribution in [2.24, 2.45) is 0 Å². The predicted octanol–water partition coefficient (Wildman–Crippen LogP) is 2.13. The van der Waals surface area contributed by atoms with Crippen molar-refractivity contribution in [1.29, 1.82) is 0 Å². The standard InChI is InChI=1S/C19H21N3O6/c1-5-8-13(18(24)27-4)20-17(23)12-9-6-7-10-14(12)28-19-21-15(25-2)11-16(22-19)26-3/h5-7,9-11,13H,1,8H2,2-4H3,(H,20,23)/t13-/m0/s1. The highest BCUT2D eigenvalue weighted by molar-refractivity contribution is 5.99. The van der Waals surface area contributed by atoms with Gasteiger partial charge in [0.1, 0.15) is 11.8 Å². The van der Waals surface area contributed by atoms with Gasteiger partial charge in [0.2, 0.25) is 11.8 Å². The van der Waals surface area contributed by atoms with Gasteiger partial charge in [0.05, 0.1) is 33.0 Å². The number of aromatic nitrogens is 2. The van der Waals surface area contributed by atoms with Gasteiger partial charge in [-0.3, -0.25) is 4.79 Å². The minimum Gasteiger partial charge on any atom is -0.481 e. The molecule has 0 radical (unpaired) electrons. The van der Waals surface area contributed by atoms with Crippen LogP contribution in [0.2, 0.25) is 0 Å². The molecule has 1 aromatic carbocycles. The molecule has 9 heteroatoms. The maximum Gasteiger partial charge on any atom is 0.328 e. The molecule has 0 aliphatic heterocycles. The Kier molecular flexibility index (Phi) is 7.32. The Balaban J connectivity index is 2.28. The van der Waals surface area contributed by atoms with Crippen molar-refractivity contribution >= 4 is 11.9 Å².